The summed E-state index contributed by atoms with van der Waals surface area (Å²) in [6, 6.07) is 10.5. The van der Waals surface area contributed by atoms with Gasteiger partial charge in [0.25, 0.3) is 0 Å². The van der Waals surface area contributed by atoms with Gasteiger partial charge in [-0.05, 0) is 35.4 Å². The van der Waals surface area contributed by atoms with E-state index in [2.05, 4.69) is 5.32 Å². The van der Waals surface area contributed by atoms with Gasteiger partial charge < -0.3 is 5.32 Å². The fourth-order valence-electron chi connectivity index (χ4n) is 1.96. The van der Waals surface area contributed by atoms with Crippen LogP contribution in [0, 0.1) is 0 Å². The maximum absolute atomic E-state index is 12.8. The molecule has 0 amide bonds. The van der Waals surface area contributed by atoms with Crippen LogP contribution in [0.1, 0.15) is 16.7 Å². The molecule has 0 aliphatic carbocycles. The SMILES string of the molecule is FC(F)(F)c1ccccc1CNCc1cc(Cl)ccc1Cl. The van der Waals surface area contributed by atoms with E-state index in [1.54, 1.807) is 24.3 Å². The van der Waals surface area contributed by atoms with Crippen LogP contribution in [-0.4, -0.2) is 0 Å². The zero-order valence-corrected chi connectivity index (χ0v) is 12.4. The standard InChI is InChI=1S/C15H12Cl2F3N/c16-12-5-6-14(17)11(7-12)9-21-8-10-3-1-2-4-13(10)15(18,19)20/h1-7,21H,8-9H2. The number of hydrogen-bond acceptors (Lipinski definition) is 1. The third-order valence-corrected chi connectivity index (χ3v) is 3.57. The second kappa shape index (κ2) is 6.69. The Morgan fingerprint density at radius 1 is 0.905 bits per heavy atom. The van der Waals surface area contributed by atoms with Crippen molar-refractivity contribution in [2.24, 2.45) is 0 Å². The molecule has 0 aromatic heterocycles. The third kappa shape index (κ3) is 4.37. The average Bonchev–Trinajstić information content (AvgIpc) is 2.42. The molecule has 0 saturated heterocycles. The molecule has 2 rings (SSSR count). The Labute approximate surface area is 130 Å². The van der Waals surface area contributed by atoms with Gasteiger partial charge in [-0.3, -0.25) is 0 Å². The maximum Gasteiger partial charge on any atom is 0.416 e. The van der Waals surface area contributed by atoms with E-state index in [0.717, 1.165) is 11.6 Å². The van der Waals surface area contributed by atoms with Gasteiger partial charge in [0.05, 0.1) is 5.56 Å². The molecule has 21 heavy (non-hydrogen) atoms. The zero-order chi connectivity index (χ0) is 15.5. The molecule has 0 bridgehead atoms. The van der Waals surface area contributed by atoms with Gasteiger partial charge in [-0.15, -0.1) is 0 Å². The van der Waals surface area contributed by atoms with Crippen LogP contribution >= 0.6 is 23.2 Å². The summed E-state index contributed by atoms with van der Waals surface area (Å²) in [6.45, 7) is 0.435. The van der Waals surface area contributed by atoms with Gasteiger partial charge in [0, 0.05) is 23.1 Å². The molecule has 0 spiro atoms. The lowest BCUT2D eigenvalue weighted by Crippen LogP contribution is -2.17. The fourth-order valence-corrected chi connectivity index (χ4v) is 2.34. The first-order valence-corrected chi connectivity index (χ1v) is 6.93. The highest BCUT2D eigenvalue weighted by Gasteiger charge is 2.32. The van der Waals surface area contributed by atoms with E-state index in [4.69, 9.17) is 23.2 Å². The first-order chi connectivity index (χ1) is 9.88. The van der Waals surface area contributed by atoms with Crippen molar-refractivity contribution in [2.45, 2.75) is 19.3 Å². The molecular weight excluding hydrogens is 322 g/mol. The Hall–Kier alpha value is -1.23. The molecular formula is C15H12Cl2F3N. The Kier molecular flexibility index (Phi) is 5.14. The number of benzene rings is 2. The molecule has 112 valence electrons. The summed E-state index contributed by atoms with van der Waals surface area (Å²) in [6.07, 6.45) is -4.36. The van der Waals surface area contributed by atoms with Crippen LogP contribution in [0.15, 0.2) is 42.5 Å². The van der Waals surface area contributed by atoms with Crippen molar-refractivity contribution in [1.82, 2.24) is 5.32 Å². The van der Waals surface area contributed by atoms with Crippen LogP contribution in [0.25, 0.3) is 0 Å². The van der Waals surface area contributed by atoms with Crippen molar-refractivity contribution in [3.8, 4) is 0 Å². The molecule has 0 saturated carbocycles. The lowest BCUT2D eigenvalue weighted by Gasteiger charge is -2.13. The van der Waals surface area contributed by atoms with Crippen LogP contribution < -0.4 is 5.32 Å². The smallest absolute Gasteiger partial charge is 0.309 e. The summed E-state index contributed by atoms with van der Waals surface area (Å²) in [5.74, 6) is 0. The number of rotatable bonds is 4. The summed E-state index contributed by atoms with van der Waals surface area (Å²) >= 11 is 11.9. The monoisotopic (exact) mass is 333 g/mol. The largest absolute Gasteiger partial charge is 0.416 e. The summed E-state index contributed by atoms with van der Waals surface area (Å²) in [4.78, 5) is 0. The highest BCUT2D eigenvalue weighted by atomic mass is 35.5. The number of halogens is 5. The van der Waals surface area contributed by atoms with E-state index in [-0.39, 0.29) is 12.1 Å². The second-order valence-electron chi connectivity index (χ2n) is 4.49. The molecule has 2 aromatic rings. The number of nitrogens with one attached hydrogen (secondary N) is 1. The third-order valence-electron chi connectivity index (χ3n) is 2.96. The Bertz CT molecular complexity index is 627. The van der Waals surface area contributed by atoms with E-state index in [1.807, 2.05) is 0 Å². The topological polar surface area (TPSA) is 12.0 Å². The Morgan fingerprint density at radius 3 is 2.29 bits per heavy atom. The molecule has 0 heterocycles. The van der Waals surface area contributed by atoms with Crippen molar-refractivity contribution in [3.05, 3.63) is 69.2 Å². The molecule has 2 aromatic carbocycles. The predicted octanol–water partition coefficient (Wildman–Crippen LogP) is 5.30. The van der Waals surface area contributed by atoms with Gasteiger partial charge in [-0.2, -0.15) is 13.2 Å². The van der Waals surface area contributed by atoms with Crippen molar-refractivity contribution >= 4 is 23.2 Å². The first kappa shape index (κ1) is 16.1. The summed E-state index contributed by atoms with van der Waals surface area (Å²) < 4.78 is 38.5. The van der Waals surface area contributed by atoms with Crippen molar-refractivity contribution in [3.63, 3.8) is 0 Å². The molecule has 0 radical (unpaired) electrons. The minimum Gasteiger partial charge on any atom is -0.309 e. The lowest BCUT2D eigenvalue weighted by molar-refractivity contribution is -0.138. The average molecular weight is 334 g/mol. The second-order valence-corrected chi connectivity index (χ2v) is 5.34. The van der Waals surface area contributed by atoms with Crippen molar-refractivity contribution in [2.75, 3.05) is 0 Å². The maximum atomic E-state index is 12.8. The van der Waals surface area contributed by atoms with E-state index in [1.165, 1.54) is 12.1 Å². The molecule has 1 N–H and O–H groups in total. The van der Waals surface area contributed by atoms with E-state index in [0.29, 0.717) is 16.6 Å². The number of alkyl halides is 3. The molecule has 0 aliphatic heterocycles. The minimum absolute atomic E-state index is 0.0958. The number of hydrogen-bond donors (Lipinski definition) is 1. The molecule has 1 nitrogen and oxygen atoms in total. The molecule has 0 unspecified atom stereocenters. The highest BCUT2D eigenvalue weighted by molar-refractivity contribution is 6.33. The summed E-state index contributed by atoms with van der Waals surface area (Å²) in [5.41, 5.74) is 0.312. The Balaban J connectivity index is 2.06. The summed E-state index contributed by atoms with van der Waals surface area (Å²) in [7, 11) is 0. The highest BCUT2D eigenvalue weighted by Crippen LogP contribution is 2.31. The molecule has 0 aliphatic rings. The molecule has 0 fully saturated rings. The minimum atomic E-state index is -4.36. The molecule has 6 heteroatoms. The van der Waals surface area contributed by atoms with Crippen molar-refractivity contribution in [1.29, 1.82) is 0 Å². The van der Waals surface area contributed by atoms with Gasteiger partial charge in [-0.1, -0.05) is 41.4 Å². The van der Waals surface area contributed by atoms with Crippen LogP contribution in [0.2, 0.25) is 10.0 Å². The van der Waals surface area contributed by atoms with Crippen LogP contribution in [0.3, 0.4) is 0 Å². The lowest BCUT2D eigenvalue weighted by atomic mass is 10.1. The van der Waals surface area contributed by atoms with Crippen molar-refractivity contribution < 1.29 is 13.2 Å². The Morgan fingerprint density at radius 2 is 1.57 bits per heavy atom. The van der Waals surface area contributed by atoms with Gasteiger partial charge in [-0.25, -0.2) is 0 Å². The van der Waals surface area contributed by atoms with Gasteiger partial charge >= 0.3 is 6.18 Å². The molecule has 0 atom stereocenters. The van der Waals surface area contributed by atoms with Gasteiger partial charge in [0.15, 0.2) is 0 Å². The predicted molar refractivity (Wildman–Crippen MR) is 78.4 cm³/mol. The van der Waals surface area contributed by atoms with Gasteiger partial charge in [0.2, 0.25) is 0 Å². The van der Waals surface area contributed by atoms with E-state index in [9.17, 15) is 13.2 Å². The van der Waals surface area contributed by atoms with Crippen LogP contribution in [-0.2, 0) is 19.3 Å². The van der Waals surface area contributed by atoms with E-state index >= 15 is 0 Å². The first-order valence-electron chi connectivity index (χ1n) is 6.17. The zero-order valence-electron chi connectivity index (χ0n) is 10.8. The van der Waals surface area contributed by atoms with Gasteiger partial charge in [0.1, 0.15) is 0 Å². The fraction of sp³-hybridized carbons (Fsp3) is 0.200. The normalized spacial score (nSPS) is 11.7. The van der Waals surface area contributed by atoms with E-state index < -0.39 is 11.7 Å². The summed E-state index contributed by atoms with van der Waals surface area (Å²) in [5, 5.41) is 4.01. The quantitative estimate of drug-likeness (QED) is 0.800. The van der Waals surface area contributed by atoms with Crippen LogP contribution in [0.5, 0.6) is 0 Å². The van der Waals surface area contributed by atoms with Crippen LogP contribution in [0.4, 0.5) is 13.2 Å².